The number of anilines is 3. The highest BCUT2D eigenvalue weighted by atomic mass is 16.5. The molecular formula is C15H22N4O. The molecule has 0 saturated carbocycles. The smallest absolute Gasteiger partial charge is 0.155 e. The number of aryl methyl sites for hydroxylation is 1. The molecule has 0 aliphatic rings. The van der Waals surface area contributed by atoms with Crippen LogP contribution in [0.4, 0.5) is 17.2 Å². The first-order valence-electron chi connectivity index (χ1n) is 6.68. The van der Waals surface area contributed by atoms with Gasteiger partial charge in [0.25, 0.3) is 0 Å². The van der Waals surface area contributed by atoms with Gasteiger partial charge in [0.2, 0.25) is 0 Å². The molecule has 108 valence electrons. The van der Waals surface area contributed by atoms with E-state index in [2.05, 4.69) is 23.8 Å². The van der Waals surface area contributed by atoms with Gasteiger partial charge in [0.1, 0.15) is 5.75 Å². The average molecular weight is 274 g/mol. The number of nitrogens with two attached hydrogens (primary N) is 1. The second-order valence-electron chi connectivity index (χ2n) is 5.12. The van der Waals surface area contributed by atoms with Crippen LogP contribution in [-0.4, -0.2) is 23.9 Å². The second kappa shape index (κ2) is 5.45. The topological polar surface area (TPSA) is 56.3 Å². The summed E-state index contributed by atoms with van der Waals surface area (Å²) in [5, 5.41) is 4.52. The van der Waals surface area contributed by atoms with Crippen LogP contribution < -0.4 is 15.4 Å². The first-order chi connectivity index (χ1) is 9.45. The zero-order valence-corrected chi connectivity index (χ0v) is 12.7. The molecule has 0 spiro atoms. The molecule has 0 radical (unpaired) electrons. The zero-order chi connectivity index (χ0) is 14.9. The Morgan fingerprint density at radius 2 is 1.85 bits per heavy atom. The predicted molar refractivity (Wildman–Crippen MR) is 82.8 cm³/mol. The van der Waals surface area contributed by atoms with E-state index in [-0.39, 0.29) is 6.04 Å². The molecule has 0 atom stereocenters. The lowest BCUT2D eigenvalue weighted by molar-refractivity contribution is 0.415. The van der Waals surface area contributed by atoms with Gasteiger partial charge < -0.3 is 15.4 Å². The number of rotatable bonds is 4. The van der Waals surface area contributed by atoms with Crippen LogP contribution in [0.5, 0.6) is 5.75 Å². The minimum Gasteiger partial charge on any atom is -0.497 e. The molecule has 2 aromatic rings. The number of ether oxygens (including phenoxy) is 1. The molecule has 0 amide bonds. The van der Waals surface area contributed by atoms with Gasteiger partial charge in [-0.2, -0.15) is 5.10 Å². The zero-order valence-electron chi connectivity index (χ0n) is 12.7. The van der Waals surface area contributed by atoms with Gasteiger partial charge in [-0.1, -0.05) is 0 Å². The summed E-state index contributed by atoms with van der Waals surface area (Å²) in [6.45, 7) is 6.12. The Morgan fingerprint density at radius 3 is 2.35 bits per heavy atom. The fraction of sp³-hybridized carbons (Fsp3) is 0.400. The Kier molecular flexibility index (Phi) is 3.88. The summed E-state index contributed by atoms with van der Waals surface area (Å²) in [4.78, 5) is 2.05. The van der Waals surface area contributed by atoms with E-state index in [1.54, 1.807) is 7.11 Å². The Balaban J connectivity index is 2.44. The third-order valence-corrected chi connectivity index (χ3v) is 3.37. The highest BCUT2D eigenvalue weighted by Gasteiger charge is 2.19. The van der Waals surface area contributed by atoms with Gasteiger partial charge in [-0.3, -0.25) is 0 Å². The Labute approximate surface area is 119 Å². The number of aromatic nitrogens is 2. The minimum atomic E-state index is 0.252. The Bertz CT molecular complexity index is 587. The lowest BCUT2D eigenvalue weighted by atomic mass is 10.2. The van der Waals surface area contributed by atoms with Gasteiger partial charge >= 0.3 is 0 Å². The Morgan fingerprint density at radius 1 is 1.25 bits per heavy atom. The number of methoxy groups -OCH3 is 1. The van der Waals surface area contributed by atoms with E-state index >= 15 is 0 Å². The second-order valence-corrected chi connectivity index (χ2v) is 5.12. The molecule has 2 N–H and O–H groups in total. The van der Waals surface area contributed by atoms with Crippen molar-refractivity contribution in [2.75, 3.05) is 24.8 Å². The van der Waals surface area contributed by atoms with Crippen LogP contribution >= 0.6 is 0 Å². The van der Waals surface area contributed by atoms with Crippen LogP contribution in [0.2, 0.25) is 0 Å². The van der Waals surface area contributed by atoms with Crippen molar-refractivity contribution in [2.24, 2.45) is 0 Å². The quantitative estimate of drug-likeness (QED) is 0.930. The monoisotopic (exact) mass is 274 g/mol. The maximum absolute atomic E-state index is 6.19. The molecule has 1 aromatic carbocycles. The third kappa shape index (κ3) is 2.43. The van der Waals surface area contributed by atoms with E-state index in [1.807, 2.05) is 42.9 Å². The molecule has 0 fully saturated rings. The van der Waals surface area contributed by atoms with Crippen LogP contribution in [0.1, 0.15) is 25.6 Å². The molecule has 1 heterocycles. The number of hydrogen-bond donors (Lipinski definition) is 1. The summed E-state index contributed by atoms with van der Waals surface area (Å²) in [5.41, 5.74) is 8.80. The lowest BCUT2D eigenvalue weighted by Crippen LogP contribution is -2.17. The van der Waals surface area contributed by atoms with Crippen molar-refractivity contribution in [1.82, 2.24) is 9.78 Å². The van der Waals surface area contributed by atoms with Crippen molar-refractivity contribution in [3.8, 4) is 5.75 Å². The fourth-order valence-corrected chi connectivity index (χ4v) is 2.17. The summed E-state index contributed by atoms with van der Waals surface area (Å²) < 4.78 is 7.14. The minimum absolute atomic E-state index is 0.252. The van der Waals surface area contributed by atoms with E-state index in [4.69, 9.17) is 10.5 Å². The van der Waals surface area contributed by atoms with E-state index in [9.17, 15) is 0 Å². The van der Waals surface area contributed by atoms with Crippen molar-refractivity contribution in [1.29, 1.82) is 0 Å². The molecule has 0 aliphatic carbocycles. The van der Waals surface area contributed by atoms with Crippen molar-refractivity contribution in [3.05, 3.63) is 30.0 Å². The van der Waals surface area contributed by atoms with Gasteiger partial charge in [0.15, 0.2) is 5.82 Å². The lowest BCUT2D eigenvalue weighted by Gasteiger charge is -2.23. The molecule has 20 heavy (non-hydrogen) atoms. The third-order valence-electron chi connectivity index (χ3n) is 3.37. The molecule has 0 saturated heterocycles. The largest absolute Gasteiger partial charge is 0.497 e. The molecule has 5 nitrogen and oxygen atoms in total. The molecule has 0 unspecified atom stereocenters. The molecule has 2 rings (SSSR count). The number of nitrogen functional groups attached to an aromatic ring is 1. The SMILES string of the molecule is COc1ccc(N(C)c2c(N)c(C)nn2C(C)C)cc1. The van der Waals surface area contributed by atoms with Crippen LogP contribution in [0.25, 0.3) is 0 Å². The maximum atomic E-state index is 6.19. The van der Waals surface area contributed by atoms with Crippen molar-refractivity contribution >= 4 is 17.2 Å². The standard InChI is InChI=1S/C15H22N4O/c1-10(2)19-15(14(16)11(3)17-19)18(4)12-6-8-13(20-5)9-7-12/h6-10H,16H2,1-5H3. The van der Waals surface area contributed by atoms with Crippen molar-refractivity contribution in [3.63, 3.8) is 0 Å². The van der Waals surface area contributed by atoms with E-state index in [0.717, 1.165) is 28.6 Å². The summed E-state index contributed by atoms with van der Waals surface area (Å²) in [7, 11) is 3.65. The van der Waals surface area contributed by atoms with Crippen LogP contribution in [0.3, 0.4) is 0 Å². The van der Waals surface area contributed by atoms with Gasteiger partial charge in [-0.05, 0) is 45.0 Å². The van der Waals surface area contributed by atoms with Gasteiger partial charge in [-0.15, -0.1) is 0 Å². The summed E-state index contributed by atoms with van der Waals surface area (Å²) in [5.74, 6) is 1.76. The van der Waals surface area contributed by atoms with Crippen LogP contribution in [0.15, 0.2) is 24.3 Å². The fourth-order valence-electron chi connectivity index (χ4n) is 2.17. The van der Waals surface area contributed by atoms with E-state index in [1.165, 1.54) is 0 Å². The molecule has 5 heteroatoms. The molecule has 0 aliphatic heterocycles. The predicted octanol–water partition coefficient (Wildman–Crippen LogP) is 3.13. The Hall–Kier alpha value is -2.17. The van der Waals surface area contributed by atoms with Crippen LogP contribution in [-0.2, 0) is 0 Å². The van der Waals surface area contributed by atoms with E-state index < -0.39 is 0 Å². The average Bonchev–Trinajstić information content (AvgIpc) is 2.74. The van der Waals surface area contributed by atoms with E-state index in [0.29, 0.717) is 0 Å². The molecular weight excluding hydrogens is 252 g/mol. The molecule has 0 bridgehead atoms. The number of nitrogens with zero attached hydrogens (tertiary/aromatic N) is 3. The van der Waals surface area contributed by atoms with Crippen molar-refractivity contribution < 1.29 is 4.74 Å². The first kappa shape index (κ1) is 14.2. The van der Waals surface area contributed by atoms with Gasteiger partial charge in [0.05, 0.1) is 18.5 Å². The maximum Gasteiger partial charge on any atom is 0.155 e. The summed E-state index contributed by atoms with van der Waals surface area (Å²) >= 11 is 0. The summed E-state index contributed by atoms with van der Waals surface area (Å²) in [6.07, 6.45) is 0. The number of benzene rings is 1. The van der Waals surface area contributed by atoms with Gasteiger partial charge in [-0.25, -0.2) is 4.68 Å². The molecule has 1 aromatic heterocycles. The summed E-state index contributed by atoms with van der Waals surface area (Å²) in [6, 6.07) is 8.13. The first-order valence-corrected chi connectivity index (χ1v) is 6.68. The van der Waals surface area contributed by atoms with Crippen molar-refractivity contribution in [2.45, 2.75) is 26.8 Å². The highest BCUT2D eigenvalue weighted by molar-refractivity contribution is 5.73. The van der Waals surface area contributed by atoms with Gasteiger partial charge in [0, 0.05) is 18.8 Å². The highest BCUT2D eigenvalue weighted by Crippen LogP contribution is 2.33. The number of hydrogen-bond acceptors (Lipinski definition) is 4. The van der Waals surface area contributed by atoms with Crippen LogP contribution in [0, 0.1) is 6.92 Å². The normalized spacial score (nSPS) is 10.9.